The first-order valence-corrected chi connectivity index (χ1v) is 7.91. The predicted octanol–water partition coefficient (Wildman–Crippen LogP) is 3.14. The largest absolute Gasteiger partial charge is 0.311 e. The summed E-state index contributed by atoms with van der Waals surface area (Å²) in [6.45, 7) is 6.96. The molecule has 1 heterocycles. The molecule has 1 N–H and O–H groups in total. The van der Waals surface area contributed by atoms with Crippen LogP contribution in [0.3, 0.4) is 0 Å². The molecule has 1 aromatic carbocycles. The Labute approximate surface area is 117 Å². The molecule has 0 aromatic heterocycles. The third kappa shape index (κ3) is 3.18. The van der Waals surface area contributed by atoms with Crippen LogP contribution in [0.2, 0.25) is 0 Å². The maximum atomic E-state index is 3.69. The highest BCUT2D eigenvalue weighted by Gasteiger charge is 2.26. The average molecular weight is 258 g/mol. The highest BCUT2D eigenvalue weighted by Crippen LogP contribution is 2.41. The molecule has 2 fully saturated rings. The molecular formula is C17H26N2. The van der Waals surface area contributed by atoms with E-state index in [0.717, 1.165) is 25.0 Å². The second kappa shape index (κ2) is 6.06. The number of hydrogen-bond donors (Lipinski definition) is 1. The van der Waals surface area contributed by atoms with Crippen molar-refractivity contribution in [3.8, 4) is 0 Å². The van der Waals surface area contributed by atoms with E-state index >= 15 is 0 Å². The lowest BCUT2D eigenvalue weighted by Gasteiger charge is -2.23. The fraction of sp³-hybridized carbons (Fsp3) is 0.647. The summed E-state index contributed by atoms with van der Waals surface area (Å²) < 4.78 is 0. The summed E-state index contributed by atoms with van der Waals surface area (Å²) in [6.07, 6.45) is 5.52. The van der Waals surface area contributed by atoms with Crippen LogP contribution >= 0.6 is 0 Å². The summed E-state index contributed by atoms with van der Waals surface area (Å²) in [5, 5.41) is 3.69. The number of nitrogens with one attached hydrogen (secondary N) is 1. The van der Waals surface area contributed by atoms with Gasteiger partial charge in [-0.05, 0) is 55.8 Å². The molecule has 3 rings (SSSR count). The van der Waals surface area contributed by atoms with E-state index in [9.17, 15) is 0 Å². The van der Waals surface area contributed by atoms with Gasteiger partial charge in [-0.25, -0.2) is 0 Å². The molecule has 0 spiro atoms. The Hall–Kier alpha value is -0.860. The fourth-order valence-electron chi connectivity index (χ4n) is 3.40. The molecule has 1 aromatic rings. The summed E-state index contributed by atoms with van der Waals surface area (Å²) in [5.41, 5.74) is 3.11. The standard InChI is InChI=1S/C17H26N2/c1-2-19-11-5-7-16(19)13-18-12-15-6-3-4-8-17(15)14-9-10-14/h3-4,6,8,14,16,18H,2,5,7,9-13H2,1H3. The number of rotatable bonds is 6. The zero-order valence-electron chi connectivity index (χ0n) is 12.1. The highest BCUT2D eigenvalue weighted by atomic mass is 15.2. The predicted molar refractivity (Wildman–Crippen MR) is 80.4 cm³/mol. The van der Waals surface area contributed by atoms with Gasteiger partial charge >= 0.3 is 0 Å². The SMILES string of the molecule is CCN1CCCC1CNCc1ccccc1C1CC1. The third-order valence-electron chi connectivity index (χ3n) is 4.67. The van der Waals surface area contributed by atoms with Gasteiger partial charge in [-0.2, -0.15) is 0 Å². The summed E-state index contributed by atoms with van der Waals surface area (Å²) in [6, 6.07) is 9.75. The van der Waals surface area contributed by atoms with Crippen molar-refractivity contribution in [2.75, 3.05) is 19.6 Å². The van der Waals surface area contributed by atoms with Crippen LogP contribution in [0.1, 0.15) is 49.7 Å². The molecule has 104 valence electrons. The minimum atomic E-state index is 0.762. The number of hydrogen-bond acceptors (Lipinski definition) is 2. The van der Waals surface area contributed by atoms with Crippen molar-refractivity contribution >= 4 is 0 Å². The second-order valence-electron chi connectivity index (χ2n) is 6.03. The molecule has 0 amide bonds. The van der Waals surface area contributed by atoms with E-state index in [1.165, 1.54) is 44.3 Å². The van der Waals surface area contributed by atoms with Crippen LogP contribution < -0.4 is 5.32 Å². The van der Waals surface area contributed by atoms with E-state index in [4.69, 9.17) is 0 Å². The molecule has 1 atom stereocenters. The molecule has 2 aliphatic rings. The van der Waals surface area contributed by atoms with Gasteiger partial charge in [0, 0.05) is 19.1 Å². The van der Waals surface area contributed by atoms with Gasteiger partial charge in [-0.3, -0.25) is 4.90 Å². The van der Waals surface area contributed by atoms with Gasteiger partial charge in [0.15, 0.2) is 0 Å². The minimum absolute atomic E-state index is 0.762. The zero-order chi connectivity index (χ0) is 13.1. The van der Waals surface area contributed by atoms with Gasteiger partial charge in [-0.15, -0.1) is 0 Å². The van der Waals surface area contributed by atoms with Gasteiger partial charge < -0.3 is 5.32 Å². The molecule has 0 bridgehead atoms. The smallest absolute Gasteiger partial charge is 0.0221 e. The number of likely N-dealkylation sites (tertiary alicyclic amines) is 1. The average Bonchev–Trinajstić information content (AvgIpc) is 3.19. The Morgan fingerprint density at radius 1 is 1.21 bits per heavy atom. The van der Waals surface area contributed by atoms with Gasteiger partial charge in [0.25, 0.3) is 0 Å². The molecule has 1 aliphatic heterocycles. The molecular weight excluding hydrogens is 232 g/mol. The van der Waals surface area contributed by atoms with Crippen LogP contribution in [0.5, 0.6) is 0 Å². The summed E-state index contributed by atoms with van der Waals surface area (Å²) >= 11 is 0. The fourth-order valence-corrected chi connectivity index (χ4v) is 3.40. The van der Waals surface area contributed by atoms with E-state index < -0.39 is 0 Å². The summed E-state index contributed by atoms with van der Waals surface area (Å²) in [4.78, 5) is 2.61. The molecule has 2 nitrogen and oxygen atoms in total. The van der Waals surface area contributed by atoms with Crippen molar-refractivity contribution in [2.45, 2.75) is 51.1 Å². The number of likely N-dealkylation sites (N-methyl/N-ethyl adjacent to an activating group) is 1. The second-order valence-corrected chi connectivity index (χ2v) is 6.03. The Morgan fingerprint density at radius 2 is 2.05 bits per heavy atom. The lowest BCUT2D eigenvalue weighted by molar-refractivity contribution is 0.260. The summed E-state index contributed by atoms with van der Waals surface area (Å²) in [5.74, 6) is 0.858. The van der Waals surface area contributed by atoms with E-state index in [2.05, 4.69) is 41.4 Å². The van der Waals surface area contributed by atoms with Crippen molar-refractivity contribution in [3.05, 3.63) is 35.4 Å². The number of nitrogens with zero attached hydrogens (tertiary/aromatic N) is 1. The Balaban J connectivity index is 1.52. The van der Waals surface area contributed by atoms with Crippen molar-refractivity contribution < 1.29 is 0 Å². The van der Waals surface area contributed by atoms with Crippen LogP contribution in [0, 0.1) is 0 Å². The van der Waals surface area contributed by atoms with Crippen LogP contribution in [0.15, 0.2) is 24.3 Å². The minimum Gasteiger partial charge on any atom is -0.311 e. The van der Waals surface area contributed by atoms with E-state index in [1.54, 1.807) is 5.56 Å². The van der Waals surface area contributed by atoms with Gasteiger partial charge in [0.2, 0.25) is 0 Å². The van der Waals surface area contributed by atoms with Crippen LogP contribution in [-0.2, 0) is 6.54 Å². The molecule has 1 aliphatic carbocycles. The first-order chi connectivity index (χ1) is 9.38. The van der Waals surface area contributed by atoms with E-state index in [1.807, 2.05) is 0 Å². The number of benzene rings is 1. The Kier molecular flexibility index (Phi) is 4.19. The van der Waals surface area contributed by atoms with Crippen molar-refractivity contribution in [1.29, 1.82) is 0 Å². The van der Waals surface area contributed by atoms with Gasteiger partial charge in [0.05, 0.1) is 0 Å². The lowest BCUT2D eigenvalue weighted by Crippen LogP contribution is -2.37. The normalized spacial score (nSPS) is 23.9. The molecule has 2 heteroatoms. The van der Waals surface area contributed by atoms with Crippen LogP contribution in [0.4, 0.5) is 0 Å². The zero-order valence-corrected chi connectivity index (χ0v) is 12.1. The van der Waals surface area contributed by atoms with Gasteiger partial charge in [-0.1, -0.05) is 31.2 Å². The monoisotopic (exact) mass is 258 g/mol. The molecule has 1 saturated heterocycles. The van der Waals surface area contributed by atoms with Crippen LogP contribution in [-0.4, -0.2) is 30.6 Å². The maximum Gasteiger partial charge on any atom is 0.0221 e. The molecule has 19 heavy (non-hydrogen) atoms. The quantitative estimate of drug-likeness (QED) is 0.843. The maximum absolute atomic E-state index is 3.69. The van der Waals surface area contributed by atoms with Crippen LogP contribution in [0.25, 0.3) is 0 Å². The first kappa shape index (κ1) is 13.1. The topological polar surface area (TPSA) is 15.3 Å². The van der Waals surface area contributed by atoms with Crippen molar-refractivity contribution in [3.63, 3.8) is 0 Å². The summed E-state index contributed by atoms with van der Waals surface area (Å²) in [7, 11) is 0. The molecule has 1 saturated carbocycles. The Bertz CT molecular complexity index is 411. The molecule has 0 radical (unpaired) electrons. The third-order valence-corrected chi connectivity index (χ3v) is 4.67. The Morgan fingerprint density at radius 3 is 2.84 bits per heavy atom. The van der Waals surface area contributed by atoms with Crippen molar-refractivity contribution in [1.82, 2.24) is 10.2 Å². The van der Waals surface area contributed by atoms with Crippen molar-refractivity contribution in [2.24, 2.45) is 0 Å². The first-order valence-electron chi connectivity index (χ1n) is 7.91. The van der Waals surface area contributed by atoms with E-state index in [0.29, 0.717) is 0 Å². The lowest BCUT2D eigenvalue weighted by atomic mass is 10.0. The van der Waals surface area contributed by atoms with E-state index in [-0.39, 0.29) is 0 Å². The van der Waals surface area contributed by atoms with Gasteiger partial charge in [0.1, 0.15) is 0 Å². The molecule has 1 unspecified atom stereocenters. The highest BCUT2D eigenvalue weighted by molar-refractivity contribution is 5.33.